The van der Waals surface area contributed by atoms with Crippen LogP contribution in [0.25, 0.3) is 27.1 Å². The van der Waals surface area contributed by atoms with E-state index in [1.54, 1.807) is 4.90 Å². The van der Waals surface area contributed by atoms with E-state index < -0.39 is 18.0 Å². The third kappa shape index (κ3) is 4.73. The fraction of sp³-hybridized carbons (Fsp3) is 0.500. The zero-order valence-electron chi connectivity index (χ0n) is 25.1. The van der Waals surface area contributed by atoms with E-state index in [1.165, 1.54) is 23.3 Å². The van der Waals surface area contributed by atoms with Crippen LogP contribution in [-0.2, 0) is 11.2 Å². The topological polar surface area (TPSA) is 79.1 Å². The molecule has 232 valence electrons. The van der Waals surface area contributed by atoms with Crippen LogP contribution in [0.15, 0.2) is 36.9 Å². The molecular formula is C34H35F2N7O2. The van der Waals surface area contributed by atoms with E-state index in [0.29, 0.717) is 61.3 Å². The van der Waals surface area contributed by atoms with Gasteiger partial charge >= 0.3 is 6.01 Å². The van der Waals surface area contributed by atoms with Crippen molar-refractivity contribution in [3.63, 3.8) is 0 Å². The van der Waals surface area contributed by atoms with Crippen LogP contribution >= 0.6 is 0 Å². The zero-order chi connectivity index (χ0) is 30.9. The predicted octanol–water partition coefficient (Wildman–Crippen LogP) is 4.57. The van der Waals surface area contributed by atoms with E-state index in [9.17, 15) is 9.18 Å². The van der Waals surface area contributed by atoms with Gasteiger partial charge in [-0.25, -0.2) is 20.3 Å². The Kier molecular flexibility index (Phi) is 6.75. The Morgan fingerprint density at radius 1 is 1.22 bits per heavy atom. The molecule has 1 aromatic carbocycles. The van der Waals surface area contributed by atoms with E-state index in [-0.39, 0.29) is 36.3 Å². The summed E-state index contributed by atoms with van der Waals surface area (Å²) in [5, 5.41) is 0.441. The number of pyridine rings is 1. The number of piperazine rings is 1. The normalized spacial score (nSPS) is 28.5. The van der Waals surface area contributed by atoms with Crippen molar-refractivity contribution in [3.05, 3.63) is 65.3 Å². The first-order valence-electron chi connectivity index (χ1n) is 15.9. The van der Waals surface area contributed by atoms with E-state index in [1.807, 2.05) is 17.0 Å². The summed E-state index contributed by atoms with van der Waals surface area (Å²) in [6.45, 7) is 13.8. The van der Waals surface area contributed by atoms with Crippen molar-refractivity contribution in [2.75, 3.05) is 50.8 Å². The second-order valence-corrected chi connectivity index (χ2v) is 13.2. The van der Waals surface area contributed by atoms with Gasteiger partial charge in [0.05, 0.1) is 10.9 Å². The lowest BCUT2D eigenvalue weighted by Crippen LogP contribution is -2.56. The second-order valence-electron chi connectivity index (χ2n) is 13.2. The molecule has 2 aliphatic carbocycles. The van der Waals surface area contributed by atoms with Gasteiger partial charge in [-0.15, -0.1) is 0 Å². The molecule has 1 saturated carbocycles. The van der Waals surface area contributed by atoms with Crippen molar-refractivity contribution in [1.82, 2.24) is 24.8 Å². The van der Waals surface area contributed by atoms with Crippen LogP contribution in [0, 0.1) is 18.3 Å². The van der Waals surface area contributed by atoms with Gasteiger partial charge in [-0.3, -0.25) is 9.69 Å². The standard InChI is InChI=1S/C34H35F2N7O2/c1-3-28(44)43-11-10-41(18-23(43)16-37-2)32-26-14-27(36)30(24-7-4-6-20-12-21-13-25(21)29(20)24)38-31(26)39-33(40-32)45-19-34-8-5-9-42(34)17-22(35)15-34/h3-4,6-7,14,21-23,25H,1,5,8-13,15-19H2/t21?,22-,23+,25?,34?/m1/s1. The Morgan fingerprint density at radius 2 is 2.11 bits per heavy atom. The number of halogens is 2. The average molecular weight is 612 g/mol. The molecule has 0 bridgehead atoms. The summed E-state index contributed by atoms with van der Waals surface area (Å²) in [4.78, 5) is 36.3. The Balaban J connectivity index is 1.20. The van der Waals surface area contributed by atoms with Crippen LogP contribution in [0.1, 0.15) is 42.7 Å². The fourth-order valence-corrected chi connectivity index (χ4v) is 8.40. The van der Waals surface area contributed by atoms with Gasteiger partial charge in [0.1, 0.15) is 36.1 Å². The van der Waals surface area contributed by atoms with Crippen LogP contribution in [0.4, 0.5) is 14.6 Å². The molecule has 5 atom stereocenters. The van der Waals surface area contributed by atoms with Gasteiger partial charge in [0, 0.05) is 38.2 Å². The quantitative estimate of drug-likeness (QED) is 0.286. The first-order chi connectivity index (χ1) is 21.9. The lowest BCUT2D eigenvalue weighted by atomic mass is 9.95. The second kappa shape index (κ2) is 10.7. The molecule has 4 fully saturated rings. The summed E-state index contributed by atoms with van der Waals surface area (Å²) in [6.07, 6.45) is 4.79. The number of carbonyl (C=O) groups excluding carboxylic acids is 1. The molecule has 0 spiro atoms. The number of benzene rings is 1. The summed E-state index contributed by atoms with van der Waals surface area (Å²) in [5.41, 5.74) is 3.48. The van der Waals surface area contributed by atoms with Gasteiger partial charge in [-0.05, 0) is 67.3 Å². The molecule has 0 radical (unpaired) electrons. The van der Waals surface area contributed by atoms with Crippen molar-refractivity contribution < 1.29 is 18.3 Å². The van der Waals surface area contributed by atoms with Crippen molar-refractivity contribution in [2.24, 2.45) is 5.92 Å². The van der Waals surface area contributed by atoms with E-state index >= 15 is 4.39 Å². The largest absolute Gasteiger partial charge is 0.461 e. The smallest absolute Gasteiger partial charge is 0.320 e. The van der Waals surface area contributed by atoms with Crippen molar-refractivity contribution >= 4 is 22.8 Å². The fourth-order valence-electron chi connectivity index (χ4n) is 8.40. The molecule has 2 aromatic heterocycles. The van der Waals surface area contributed by atoms with Crippen LogP contribution in [0.3, 0.4) is 0 Å². The number of carbonyl (C=O) groups is 1. The molecule has 5 heterocycles. The Labute approximate surface area is 260 Å². The van der Waals surface area contributed by atoms with Gasteiger partial charge in [0.25, 0.3) is 0 Å². The van der Waals surface area contributed by atoms with Crippen molar-refractivity contribution in [1.29, 1.82) is 0 Å². The van der Waals surface area contributed by atoms with Crippen LogP contribution in [0.2, 0.25) is 0 Å². The molecular weight excluding hydrogens is 576 g/mol. The number of aromatic nitrogens is 3. The van der Waals surface area contributed by atoms with Gasteiger partial charge in [0.2, 0.25) is 12.5 Å². The molecule has 1 amide bonds. The number of anilines is 1. The molecule has 3 saturated heterocycles. The Morgan fingerprint density at radius 3 is 2.96 bits per heavy atom. The minimum absolute atomic E-state index is 0.109. The highest BCUT2D eigenvalue weighted by Gasteiger charge is 2.50. The summed E-state index contributed by atoms with van der Waals surface area (Å²) in [7, 11) is 0. The van der Waals surface area contributed by atoms with Gasteiger partial charge in [-0.2, -0.15) is 9.97 Å². The molecule has 0 N–H and O–H groups in total. The third-order valence-corrected chi connectivity index (χ3v) is 10.6. The summed E-state index contributed by atoms with van der Waals surface area (Å²) >= 11 is 0. The number of alkyl halides is 1. The van der Waals surface area contributed by atoms with Crippen molar-refractivity contribution in [3.8, 4) is 17.3 Å². The Hall–Kier alpha value is -4.17. The highest BCUT2D eigenvalue weighted by molar-refractivity contribution is 5.90. The first kappa shape index (κ1) is 28.3. The molecule has 11 heteroatoms. The summed E-state index contributed by atoms with van der Waals surface area (Å²) < 4.78 is 36.9. The maximum Gasteiger partial charge on any atom is 0.320 e. The molecule has 8 rings (SSSR count). The van der Waals surface area contributed by atoms with E-state index in [4.69, 9.17) is 26.3 Å². The van der Waals surface area contributed by atoms with Crippen LogP contribution in [0.5, 0.6) is 6.01 Å². The van der Waals surface area contributed by atoms with E-state index in [2.05, 4.69) is 22.4 Å². The highest BCUT2D eigenvalue weighted by atomic mass is 19.1. The number of fused-ring (bicyclic) bond motifs is 5. The number of nitrogens with zero attached hydrogens (tertiary/aromatic N) is 7. The molecule has 5 aliphatic rings. The zero-order valence-corrected chi connectivity index (χ0v) is 25.1. The molecule has 3 aliphatic heterocycles. The summed E-state index contributed by atoms with van der Waals surface area (Å²) in [6, 6.07) is 7.22. The van der Waals surface area contributed by atoms with E-state index in [0.717, 1.165) is 37.8 Å². The molecule has 9 nitrogen and oxygen atoms in total. The Bertz CT molecular complexity index is 1760. The first-order valence-corrected chi connectivity index (χ1v) is 15.9. The maximum absolute atomic E-state index is 16.1. The van der Waals surface area contributed by atoms with Gasteiger partial charge < -0.3 is 19.4 Å². The monoisotopic (exact) mass is 611 g/mol. The van der Waals surface area contributed by atoms with Gasteiger partial charge in [-0.1, -0.05) is 24.8 Å². The van der Waals surface area contributed by atoms with Crippen molar-refractivity contribution in [2.45, 2.75) is 55.8 Å². The number of ether oxygens (including phenoxy) is 1. The number of hydrogen-bond acceptors (Lipinski definition) is 7. The summed E-state index contributed by atoms with van der Waals surface area (Å²) in [5.74, 6) is 0.874. The lowest BCUT2D eigenvalue weighted by Gasteiger charge is -2.39. The number of rotatable bonds is 7. The molecule has 3 unspecified atom stereocenters. The minimum Gasteiger partial charge on any atom is -0.461 e. The predicted molar refractivity (Wildman–Crippen MR) is 165 cm³/mol. The lowest BCUT2D eigenvalue weighted by molar-refractivity contribution is -0.128. The molecule has 45 heavy (non-hydrogen) atoms. The molecule has 3 aromatic rings. The highest BCUT2D eigenvalue weighted by Crippen LogP contribution is 2.58. The third-order valence-electron chi connectivity index (χ3n) is 10.6. The van der Waals surface area contributed by atoms with Gasteiger partial charge in [0.15, 0.2) is 5.65 Å². The van der Waals surface area contributed by atoms with Crippen LogP contribution in [-0.4, -0.2) is 94.3 Å². The number of amides is 1. The van der Waals surface area contributed by atoms with Crippen LogP contribution < -0.4 is 9.64 Å². The minimum atomic E-state index is -0.887. The average Bonchev–Trinajstić information content (AvgIpc) is 3.36. The maximum atomic E-state index is 16.1. The SMILES string of the molecule is [C-]#[N+]C[C@H]1CN(c2nc(OCC34CCCN3C[C@H](F)C4)nc3nc(-c4cccc5c4C4CC4C5)c(F)cc23)CCN1C(=O)C=C. The number of hydrogen-bond donors (Lipinski definition) is 0.